The van der Waals surface area contributed by atoms with E-state index in [1.54, 1.807) is 6.21 Å². The van der Waals surface area contributed by atoms with Crippen LogP contribution in [0.3, 0.4) is 0 Å². The van der Waals surface area contributed by atoms with Gasteiger partial charge in [0.05, 0.1) is 6.54 Å². The maximum atomic E-state index is 11.8. The number of hydrogen-bond acceptors (Lipinski definition) is 2. The summed E-state index contributed by atoms with van der Waals surface area (Å²) >= 11 is 0. The molecule has 1 fully saturated rings. The van der Waals surface area contributed by atoms with Crippen LogP contribution in [-0.2, 0) is 4.79 Å². The molecule has 0 radical (unpaired) electrons. The highest BCUT2D eigenvalue weighted by atomic mass is 16.1. The minimum Gasteiger partial charge on any atom is -0.362 e. The molecule has 1 aromatic rings. The molecule has 20 heavy (non-hydrogen) atoms. The fraction of sp³-hybridized carbons (Fsp3) is 0.529. The van der Waals surface area contributed by atoms with E-state index < -0.39 is 0 Å². The van der Waals surface area contributed by atoms with Gasteiger partial charge in [0.15, 0.2) is 0 Å². The molecule has 0 atom stereocenters. The average molecular weight is 270 g/mol. The fourth-order valence-electron chi connectivity index (χ4n) is 3.33. The summed E-state index contributed by atoms with van der Waals surface area (Å²) in [6.07, 6.45) is 9.78. The quantitative estimate of drug-likeness (QED) is 0.843. The molecule has 0 N–H and O–H groups in total. The first-order chi connectivity index (χ1) is 9.83. The van der Waals surface area contributed by atoms with Crippen molar-refractivity contribution in [3.05, 3.63) is 29.8 Å². The Labute approximate surface area is 120 Å². The third-order valence-corrected chi connectivity index (χ3v) is 4.48. The molecule has 1 aliphatic carbocycles. The van der Waals surface area contributed by atoms with Gasteiger partial charge < -0.3 is 4.90 Å². The molecule has 1 aromatic carbocycles. The van der Waals surface area contributed by atoms with Gasteiger partial charge in [0.1, 0.15) is 0 Å². The lowest BCUT2D eigenvalue weighted by atomic mass is 9.87. The lowest BCUT2D eigenvalue weighted by Crippen LogP contribution is -2.31. The van der Waals surface area contributed by atoms with E-state index in [0.29, 0.717) is 6.54 Å². The summed E-state index contributed by atoms with van der Waals surface area (Å²) in [7, 11) is 0. The summed E-state index contributed by atoms with van der Waals surface area (Å²) in [6.45, 7) is 1.39. The molecule has 3 rings (SSSR count). The van der Waals surface area contributed by atoms with Crippen molar-refractivity contribution in [1.29, 1.82) is 0 Å². The second kappa shape index (κ2) is 6.21. The zero-order chi connectivity index (χ0) is 13.8. The second-order valence-electron chi connectivity index (χ2n) is 5.93. The Morgan fingerprint density at radius 1 is 1.15 bits per heavy atom. The Kier molecular flexibility index (Phi) is 4.14. The van der Waals surface area contributed by atoms with Crippen LogP contribution < -0.4 is 4.90 Å². The van der Waals surface area contributed by atoms with Crippen molar-refractivity contribution in [2.24, 2.45) is 10.9 Å². The molecular weight excluding hydrogens is 248 g/mol. The van der Waals surface area contributed by atoms with Gasteiger partial charge in [-0.15, -0.1) is 0 Å². The second-order valence-corrected chi connectivity index (χ2v) is 5.93. The van der Waals surface area contributed by atoms with Gasteiger partial charge in [-0.25, -0.2) is 4.99 Å². The number of carbonyl (C=O) groups excluding carboxylic acids is 1. The number of hydrogen-bond donors (Lipinski definition) is 0. The van der Waals surface area contributed by atoms with Gasteiger partial charge in [-0.1, -0.05) is 50.3 Å². The first-order valence-electron chi connectivity index (χ1n) is 7.74. The average Bonchev–Trinajstić information content (AvgIpc) is 2.66. The van der Waals surface area contributed by atoms with E-state index in [4.69, 9.17) is 0 Å². The van der Waals surface area contributed by atoms with E-state index >= 15 is 0 Å². The van der Waals surface area contributed by atoms with Gasteiger partial charge in [-0.2, -0.15) is 0 Å². The van der Waals surface area contributed by atoms with Crippen LogP contribution in [0.25, 0.3) is 0 Å². The van der Waals surface area contributed by atoms with Crippen molar-refractivity contribution in [3.8, 4) is 0 Å². The smallest absolute Gasteiger partial charge is 0.265 e. The molecule has 0 unspecified atom stereocenters. The molecule has 0 spiro atoms. The van der Waals surface area contributed by atoms with Crippen LogP contribution in [0.4, 0.5) is 5.69 Å². The highest BCUT2D eigenvalue weighted by Gasteiger charge is 2.19. The first kappa shape index (κ1) is 13.3. The van der Waals surface area contributed by atoms with Crippen LogP contribution in [0.2, 0.25) is 0 Å². The fourth-order valence-corrected chi connectivity index (χ4v) is 3.33. The molecule has 3 nitrogen and oxygen atoms in total. The maximum Gasteiger partial charge on any atom is 0.265 e. The molecule has 1 heterocycles. The van der Waals surface area contributed by atoms with Crippen molar-refractivity contribution in [2.75, 3.05) is 18.0 Å². The van der Waals surface area contributed by atoms with Crippen LogP contribution in [0, 0.1) is 5.92 Å². The van der Waals surface area contributed by atoms with Gasteiger partial charge in [-0.3, -0.25) is 4.79 Å². The minimum atomic E-state index is -0.0372. The number of rotatable bonds is 3. The summed E-state index contributed by atoms with van der Waals surface area (Å²) in [6, 6.07) is 8.17. The van der Waals surface area contributed by atoms with Crippen LogP contribution in [0.15, 0.2) is 29.3 Å². The molecular formula is C17H22N2O. The number of nitrogens with zero attached hydrogens (tertiary/aromatic N) is 2. The van der Waals surface area contributed by atoms with Crippen molar-refractivity contribution in [1.82, 2.24) is 0 Å². The molecule has 1 aliphatic heterocycles. The molecule has 106 valence electrons. The highest BCUT2D eigenvalue weighted by molar-refractivity contribution is 6.00. The van der Waals surface area contributed by atoms with Gasteiger partial charge in [0.2, 0.25) is 0 Å². The molecule has 0 bridgehead atoms. The largest absolute Gasteiger partial charge is 0.362 e. The summed E-state index contributed by atoms with van der Waals surface area (Å²) in [5.41, 5.74) is 2.21. The minimum absolute atomic E-state index is 0.0372. The van der Waals surface area contributed by atoms with E-state index in [1.165, 1.54) is 38.5 Å². The predicted octanol–water partition coefficient (Wildman–Crippen LogP) is 3.42. The topological polar surface area (TPSA) is 32.7 Å². The van der Waals surface area contributed by atoms with E-state index in [9.17, 15) is 4.79 Å². The Morgan fingerprint density at radius 2 is 1.95 bits per heavy atom. The van der Waals surface area contributed by atoms with Crippen molar-refractivity contribution in [3.63, 3.8) is 0 Å². The lowest BCUT2D eigenvalue weighted by Gasteiger charge is -2.27. The number of amides is 1. The van der Waals surface area contributed by atoms with Crippen LogP contribution >= 0.6 is 0 Å². The standard InChI is InChI=1S/C17H22N2O/c20-17-13-19(11-10-14-6-2-1-3-7-14)16-9-5-4-8-15(16)12-18-17/h4-5,8-9,12,14H,1-3,6-7,10-11,13H2. The normalized spacial score (nSPS) is 19.8. The zero-order valence-electron chi connectivity index (χ0n) is 11.9. The van der Waals surface area contributed by atoms with Gasteiger partial charge in [0.25, 0.3) is 5.91 Å². The summed E-state index contributed by atoms with van der Waals surface area (Å²) in [5, 5.41) is 0. The van der Waals surface area contributed by atoms with Crippen LogP contribution in [0.1, 0.15) is 44.1 Å². The monoisotopic (exact) mass is 270 g/mol. The molecule has 1 saturated carbocycles. The van der Waals surface area contributed by atoms with Crippen molar-refractivity contribution in [2.45, 2.75) is 38.5 Å². The number of anilines is 1. The van der Waals surface area contributed by atoms with Crippen molar-refractivity contribution >= 4 is 17.8 Å². The van der Waals surface area contributed by atoms with Crippen LogP contribution in [-0.4, -0.2) is 25.2 Å². The van der Waals surface area contributed by atoms with E-state index in [-0.39, 0.29) is 5.91 Å². The Balaban J connectivity index is 1.70. The highest BCUT2D eigenvalue weighted by Crippen LogP contribution is 2.28. The van der Waals surface area contributed by atoms with Crippen molar-refractivity contribution < 1.29 is 4.79 Å². The number of aliphatic imine (C=N–C) groups is 1. The third kappa shape index (κ3) is 3.09. The van der Waals surface area contributed by atoms with E-state index in [0.717, 1.165) is 23.7 Å². The molecule has 2 aliphatic rings. The number of benzodiazepines with no additional fused rings is 1. The number of fused-ring (bicyclic) bond motifs is 1. The SMILES string of the molecule is O=C1CN(CCC2CCCCC2)c2ccccc2C=N1. The van der Waals surface area contributed by atoms with Gasteiger partial charge in [-0.05, 0) is 18.4 Å². The first-order valence-corrected chi connectivity index (χ1v) is 7.74. The van der Waals surface area contributed by atoms with E-state index in [2.05, 4.69) is 16.0 Å². The van der Waals surface area contributed by atoms with Gasteiger partial charge >= 0.3 is 0 Å². The maximum absolute atomic E-state index is 11.8. The lowest BCUT2D eigenvalue weighted by molar-refractivity contribution is -0.116. The summed E-state index contributed by atoms with van der Waals surface area (Å²) in [5.74, 6) is 0.806. The molecule has 1 amide bonds. The van der Waals surface area contributed by atoms with Crippen LogP contribution in [0.5, 0.6) is 0 Å². The van der Waals surface area contributed by atoms with E-state index in [1.807, 2.05) is 18.2 Å². The number of benzene rings is 1. The third-order valence-electron chi connectivity index (χ3n) is 4.48. The summed E-state index contributed by atoms with van der Waals surface area (Å²) in [4.78, 5) is 18.0. The number of para-hydroxylation sites is 1. The molecule has 0 saturated heterocycles. The Hall–Kier alpha value is -1.64. The summed E-state index contributed by atoms with van der Waals surface area (Å²) < 4.78 is 0. The Morgan fingerprint density at radius 3 is 2.80 bits per heavy atom. The molecule has 0 aromatic heterocycles. The predicted molar refractivity (Wildman–Crippen MR) is 82.4 cm³/mol. The molecule has 3 heteroatoms. The zero-order valence-corrected chi connectivity index (χ0v) is 11.9. The van der Waals surface area contributed by atoms with Gasteiger partial charge in [0, 0.05) is 24.0 Å². The Bertz CT molecular complexity index is 503. The number of carbonyl (C=O) groups is 1.